The van der Waals surface area contributed by atoms with Crippen molar-refractivity contribution in [2.45, 2.75) is 95.9 Å². The van der Waals surface area contributed by atoms with E-state index in [1.165, 1.54) is 21.9 Å². The normalized spacial score (nSPS) is 19.3. The van der Waals surface area contributed by atoms with Crippen LogP contribution in [0.1, 0.15) is 87.9 Å². The number of ether oxygens (including phenoxy) is 2. The Bertz CT molecular complexity index is 1730. The van der Waals surface area contributed by atoms with Gasteiger partial charge in [0.2, 0.25) is 0 Å². The van der Waals surface area contributed by atoms with Crippen LogP contribution in [0.2, 0.25) is 0 Å². The van der Waals surface area contributed by atoms with E-state index >= 15 is 8.78 Å². The molecule has 0 spiro atoms. The van der Waals surface area contributed by atoms with Gasteiger partial charge < -0.3 is 41.0 Å². The van der Waals surface area contributed by atoms with Gasteiger partial charge >= 0.3 is 12.2 Å². The third-order valence-corrected chi connectivity index (χ3v) is 9.66. The van der Waals surface area contributed by atoms with E-state index in [2.05, 4.69) is 47.8 Å². The number of piperidine rings is 2. The van der Waals surface area contributed by atoms with Gasteiger partial charge in [-0.25, -0.2) is 18.4 Å². The number of hydrogen-bond donors (Lipinski definition) is 4. The number of carbonyl (C=O) groups excluding carboxylic acids is 5. The second kappa shape index (κ2) is 16.2. The Morgan fingerprint density at radius 1 is 0.811 bits per heavy atom. The van der Waals surface area contributed by atoms with Crippen LogP contribution in [-0.4, -0.2) is 94.6 Å². The lowest BCUT2D eigenvalue weighted by Gasteiger charge is -2.43. The average molecular weight is 873 g/mol. The third-order valence-electron chi connectivity index (χ3n) is 8.68. The minimum absolute atomic E-state index is 0.0574. The van der Waals surface area contributed by atoms with Crippen LogP contribution in [-0.2, 0) is 14.3 Å². The van der Waals surface area contributed by atoms with Crippen LogP contribution in [0, 0.1) is 0 Å². The lowest BCUT2D eigenvalue weighted by molar-refractivity contribution is -0.130. The Kier molecular flexibility index (Phi) is 12.7. The maximum atomic E-state index is 15.5. The van der Waals surface area contributed by atoms with Gasteiger partial charge in [0.25, 0.3) is 17.7 Å². The Balaban J connectivity index is 0.000000237. The fourth-order valence-corrected chi connectivity index (χ4v) is 6.55. The molecular formula is C36H46Br2F2N6O7. The predicted molar refractivity (Wildman–Crippen MR) is 202 cm³/mol. The molecule has 0 saturated carbocycles. The molecule has 2 aromatic rings. The lowest BCUT2D eigenvalue weighted by atomic mass is 9.88. The number of likely N-dealkylation sites (tertiary alicyclic amines) is 2. The number of carbonyl (C=O) groups is 5. The predicted octanol–water partition coefficient (Wildman–Crippen LogP) is 6.90. The highest BCUT2D eigenvalue weighted by molar-refractivity contribution is 9.10. The lowest BCUT2D eigenvalue weighted by Crippen LogP contribution is -2.61. The van der Waals surface area contributed by atoms with Crippen LogP contribution in [0.4, 0.5) is 29.7 Å². The number of hydrogen-bond acceptors (Lipinski definition) is 8. The molecular weight excluding hydrogens is 826 g/mol. The summed E-state index contributed by atoms with van der Waals surface area (Å²) in [5, 5.41) is 8.24. The molecule has 2 saturated heterocycles. The number of nitrogens with one attached hydrogen (secondary N) is 3. The Hall–Kier alpha value is -3.99. The molecule has 13 nitrogen and oxygen atoms in total. The molecule has 290 valence electrons. The first-order chi connectivity index (χ1) is 24.5. The molecule has 2 fully saturated rings. The van der Waals surface area contributed by atoms with Gasteiger partial charge in [-0.2, -0.15) is 0 Å². The number of anilines is 2. The molecule has 5 N–H and O–H groups in total. The summed E-state index contributed by atoms with van der Waals surface area (Å²) in [6.07, 6.45) is -1.89. The van der Waals surface area contributed by atoms with Crippen molar-refractivity contribution in [3.63, 3.8) is 0 Å². The van der Waals surface area contributed by atoms with Crippen LogP contribution >= 0.6 is 31.9 Å². The molecule has 1 atom stereocenters. The van der Waals surface area contributed by atoms with Crippen molar-refractivity contribution in [2.24, 2.45) is 5.73 Å². The maximum absolute atomic E-state index is 15.5. The molecule has 0 aliphatic carbocycles. The van der Waals surface area contributed by atoms with Gasteiger partial charge in [-0.1, -0.05) is 31.9 Å². The number of nitrogens with two attached hydrogens (primary N) is 1. The number of nitrogens with zero attached hydrogens (tertiary/aromatic N) is 2. The summed E-state index contributed by atoms with van der Waals surface area (Å²) < 4.78 is 42.6. The zero-order valence-corrected chi connectivity index (χ0v) is 33.7. The average Bonchev–Trinajstić information content (AvgIpc) is 3.05. The monoisotopic (exact) mass is 870 g/mol. The topological polar surface area (TPSA) is 172 Å². The number of amides is 5. The van der Waals surface area contributed by atoms with Crippen LogP contribution in [0.15, 0.2) is 45.3 Å². The Morgan fingerprint density at radius 2 is 1.30 bits per heavy atom. The van der Waals surface area contributed by atoms with Crippen molar-refractivity contribution >= 4 is 73.1 Å². The summed E-state index contributed by atoms with van der Waals surface area (Å²) >= 11 is 6.54. The molecule has 3 aliphatic rings. The fourth-order valence-electron chi connectivity index (χ4n) is 5.83. The first-order valence-electron chi connectivity index (χ1n) is 17.1. The summed E-state index contributed by atoms with van der Waals surface area (Å²) in [6, 6.07) is 9.79. The van der Waals surface area contributed by atoms with Crippen LogP contribution in [0.3, 0.4) is 0 Å². The maximum Gasteiger partial charge on any atom is 0.410 e. The smallest absolute Gasteiger partial charge is 0.410 e. The Labute approximate surface area is 324 Å². The highest BCUT2D eigenvalue weighted by Crippen LogP contribution is 2.35. The highest BCUT2D eigenvalue weighted by Gasteiger charge is 2.46. The summed E-state index contributed by atoms with van der Waals surface area (Å²) in [7, 11) is 0. The molecule has 0 bridgehead atoms. The van der Waals surface area contributed by atoms with Crippen molar-refractivity contribution < 1.29 is 42.2 Å². The van der Waals surface area contributed by atoms with Gasteiger partial charge in [-0.3, -0.25) is 14.4 Å². The molecule has 0 aromatic heterocycles. The summed E-state index contributed by atoms with van der Waals surface area (Å²) in [6.45, 7) is 11.2. The summed E-state index contributed by atoms with van der Waals surface area (Å²) in [5.41, 5.74) is 1.58. The van der Waals surface area contributed by atoms with Gasteiger partial charge in [-0.15, -0.1) is 0 Å². The van der Waals surface area contributed by atoms with Crippen LogP contribution < -0.4 is 21.7 Å². The van der Waals surface area contributed by atoms with Crippen LogP contribution in [0.5, 0.6) is 0 Å². The first kappa shape index (κ1) is 41.8. The molecule has 5 rings (SSSR count). The van der Waals surface area contributed by atoms with Gasteiger partial charge in [0.1, 0.15) is 17.4 Å². The number of primary amides is 1. The van der Waals surface area contributed by atoms with E-state index in [0.29, 0.717) is 15.7 Å². The van der Waals surface area contributed by atoms with Gasteiger partial charge in [0, 0.05) is 66.5 Å². The van der Waals surface area contributed by atoms with Gasteiger partial charge in [0.05, 0.1) is 16.8 Å². The molecule has 1 unspecified atom stereocenters. The second-order valence-electron chi connectivity index (χ2n) is 15.2. The largest absolute Gasteiger partial charge is 0.444 e. The zero-order valence-electron chi connectivity index (χ0n) is 30.5. The number of rotatable bonds is 4. The highest BCUT2D eigenvalue weighted by atomic mass is 79.9. The minimum atomic E-state index is -2.15. The standard InChI is InChI=1S/C18H23BrFN3O4.C18H23BrFN3O3/c1-17(2,3)27-16(26)23-8-6-18(20,7-9-23)15(25)22-13-5-4-11(19)10-12(13)14(21)24;1-17(2,3)26-16(25)23-8-6-18(20,7-9-23)15-21-13-5-4-11(19)10-12(13)14(24)22-15/h4-5,10H,6-9H2,1-3H3,(H2,21,24)(H,22,25);4-5,10,15,21H,6-9H2,1-3H3,(H,22,24). The molecule has 2 aromatic carbocycles. The summed E-state index contributed by atoms with van der Waals surface area (Å²) in [4.78, 5) is 63.4. The number of benzene rings is 2. The molecule has 5 amide bonds. The molecule has 3 aliphatic heterocycles. The molecule has 0 radical (unpaired) electrons. The molecule has 3 heterocycles. The van der Waals surface area contributed by atoms with E-state index in [1.54, 1.807) is 65.8 Å². The van der Waals surface area contributed by atoms with E-state index in [9.17, 15) is 24.0 Å². The first-order valence-corrected chi connectivity index (χ1v) is 18.7. The second-order valence-corrected chi connectivity index (χ2v) is 17.0. The number of fused-ring (bicyclic) bond motifs is 1. The van der Waals surface area contributed by atoms with Gasteiger partial charge in [0.15, 0.2) is 11.3 Å². The van der Waals surface area contributed by atoms with Crippen molar-refractivity contribution in [3.8, 4) is 0 Å². The van der Waals surface area contributed by atoms with Crippen LogP contribution in [0.25, 0.3) is 0 Å². The Morgan fingerprint density at radius 3 is 1.81 bits per heavy atom. The number of alkyl halides is 2. The quantitative estimate of drug-likeness (QED) is 0.257. The summed E-state index contributed by atoms with van der Waals surface area (Å²) in [5.74, 6) is -1.91. The van der Waals surface area contributed by atoms with Crippen molar-refractivity contribution in [2.75, 3.05) is 36.8 Å². The SMILES string of the molecule is CC(C)(C)OC(=O)N1CCC(F)(C(=O)Nc2ccc(Br)cc2C(N)=O)CC1.CC(C)(C)OC(=O)N1CCC(F)(C2NC(=O)c3cc(Br)ccc3N2)CC1. The molecule has 53 heavy (non-hydrogen) atoms. The van der Waals surface area contributed by atoms with E-state index in [4.69, 9.17) is 15.2 Å². The fraction of sp³-hybridized carbons (Fsp3) is 0.528. The van der Waals surface area contributed by atoms with Gasteiger partial charge in [-0.05, 0) is 77.9 Å². The van der Waals surface area contributed by atoms with Crippen molar-refractivity contribution in [3.05, 3.63) is 56.5 Å². The molecule has 17 heteroatoms. The van der Waals surface area contributed by atoms with Crippen molar-refractivity contribution in [1.29, 1.82) is 0 Å². The number of halogens is 4. The van der Waals surface area contributed by atoms with E-state index in [-0.39, 0.29) is 69.0 Å². The minimum Gasteiger partial charge on any atom is -0.444 e. The third kappa shape index (κ3) is 11.0. The van der Waals surface area contributed by atoms with E-state index in [1.807, 2.05) is 0 Å². The van der Waals surface area contributed by atoms with E-state index in [0.717, 1.165) is 4.47 Å². The zero-order chi connectivity index (χ0) is 39.5. The van der Waals surface area contributed by atoms with Crippen molar-refractivity contribution in [1.82, 2.24) is 15.1 Å². The van der Waals surface area contributed by atoms with E-state index < -0.39 is 52.7 Å².